The molecule has 2 fully saturated rings. The molecule has 3 aliphatic rings. The molecule has 1 amide bonds. The Morgan fingerprint density at radius 1 is 1.32 bits per heavy atom. The summed E-state index contributed by atoms with van der Waals surface area (Å²) in [5.41, 5.74) is 2.17. The fourth-order valence-electron chi connectivity index (χ4n) is 4.43. The number of halogens is 1. The SMILES string of the molecule is COC(=O)c1sc(I)cc1N(C(=O)[C@H]1CC=C(C)CC1)[C@H]1CC[C@@]2(CC1)CO2. The summed E-state index contributed by atoms with van der Waals surface area (Å²) in [6, 6.07) is 2.08. The van der Waals surface area contributed by atoms with Crippen molar-refractivity contribution in [3.8, 4) is 0 Å². The van der Waals surface area contributed by atoms with Crippen molar-refractivity contribution in [2.45, 2.75) is 63.5 Å². The third kappa shape index (κ3) is 4.03. The molecule has 0 aromatic carbocycles. The maximum atomic E-state index is 13.7. The van der Waals surface area contributed by atoms with Gasteiger partial charge in [-0.15, -0.1) is 11.3 Å². The van der Waals surface area contributed by atoms with E-state index in [0.717, 1.165) is 60.1 Å². The minimum Gasteiger partial charge on any atom is -0.465 e. The predicted octanol–water partition coefficient (Wildman–Crippen LogP) is 4.93. The van der Waals surface area contributed by atoms with Gasteiger partial charge in [-0.25, -0.2) is 4.79 Å². The molecular weight excluding hydrogens is 489 g/mol. The summed E-state index contributed by atoms with van der Waals surface area (Å²) >= 11 is 3.62. The first kappa shape index (κ1) is 20.3. The molecule has 1 saturated heterocycles. The van der Waals surface area contributed by atoms with Gasteiger partial charge in [-0.1, -0.05) is 11.6 Å². The average Bonchev–Trinajstić information content (AvgIpc) is 3.35. The minimum atomic E-state index is -0.363. The minimum absolute atomic E-state index is 0.0141. The summed E-state index contributed by atoms with van der Waals surface area (Å²) < 4.78 is 11.7. The second-order valence-corrected chi connectivity index (χ2v) is 11.1. The molecule has 1 spiro atoms. The van der Waals surface area contributed by atoms with E-state index < -0.39 is 0 Å². The number of methoxy groups -OCH3 is 1. The largest absolute Gasteiger partial charge is 0.465 e. The van der Waals surface area contributed by atoms with E-state index >= 15 is 0 Å². The number of thiophene rings is 1. The molecule has 5 nitrogen and oxygen atoms in total. The van der Waals surface area contributed by atoms with Gasteiger partial charge in [-0.05, 0) is 80.5 Å². The van der Waals surface area contributed by atoms with Crippen molar-refractivity contribution in [1.82, 2.24) is 0 Å². The highest BCUT2D eigenvalue weighted by molar-refractivity contribution is 14.1. The maximum Gasteiger partial charge on any atom is 0.350 e. The molecule has 28 heavy (non-hydrogen) atoms. The lowest BCUT2D eigenvalue weighted by molar-refractivity contribution is -0.123. The Hall–Kier alpha value is -0.930. The van der Waals surface area contributed by atoms with Gasteiger partial charge >= 0.3 is 5.97 Å². The van der Waals surface area contributed by atoms with Crippen LogP contribution >= 0.6 is 33.9 Å². The smallest absolute Gasteiger partial charge is 0.350 e. The Bertz CT molecular complexity index is 803. The van der Waals surface area contributed by atoms with Crippen molar-refractivity contribution in [3.05, 3.63) is 25.5 Å². The summed E-state index contributed by atoms with van der Waals surface area (Å²) in [6.07, 6.45) is 8.64. The Balaban J connectivity index is 1.66. The number of esters is 1. The molecule has 2 heterocycles. The number of ether oxygens (including phenoxy) is 2. The lowest BCUT2D eigenvalue weighted by Crippen LogP contribution is -2.47. The highest BCUT2D eigenvalue weighted by Gasteiger charge is 2.49. The summed E-state index contributed by atoms with van der Waals surface area (Å²) in [6.45, 7) is 2.98. The Morgan fingerprint density at radius 3 is 2.61 bits per heavy atom. The van der Waals surface area contributed by atoms with Crippen molar-refractivity contribution in [3.63, 3.8) is 0 Å². The van der Waals surface area contributed by atoms with Gasteiger partial charge in [-0.3, -0.25) is 4.79 Å². The molecule has 0 unspecified atom stereocenters. The molecule has 1 atom stereocenters. The number of allylic oxidation sites excluding steroid dienone is 2. The molecule has 0 bridgehead atoms. The van der Waals surface area contributed by atoms with E-state index in [1.807, 2.05) is 11.0 Å². The third-order valence-electron chi connectivity index (χ3n) is 6.32. The van der Waals surface area contributed by atoms with Crippen LogP contribution in [0, 0.1) is 8.80 Å². The highest BCUT2D eigenvalue weighted by Crippen LogP contribution is 2.45. The van der Waals surface area contributed by atoms with E-state index in [0.29, 0.717) is 4.88 Å². The first-order chi connectivity index (χ1) is 13.4. The molecular formula is C21H26INO4S. The van der Waals surface area contributed by atoms with Gasteiger partial charge in [0.15, 0.2) is 0 Å². The maximum absolute atomic E-state index is 13.7. The van der Waals surface area contributed by atoms with Crippen LogP contribution in [0.5, 0.6) is 0 Å². The third-order valence-corrected chi connectivity index (χ3v) is 8.19. The van der Waals surface area contributed by atoms with Crippen LogP contribution in [0.4, 0.5) is 5.69 Å². The fourth-order valence-corrected chi connectivity index (χ4v) is 6.18. The highest BCUT2D eigenvalue weighted by atomic mass is 127. The van der Waals surface area contributed by atoms with Gasteiger partial charge in [0.25, 0.3) is 0 Å². The van der Waals surface area contributed by atoms with Gasteiger partial charge in [0.2, 0.25) is 5.91 Å². The van der Waals surface area contributed by atoms with Crippen LogP contribution in [-0.2, 0) is 14.3 Å². The number of hydrogen-bond donors (Lipinski definition) is 0. The average molecular weight is 515 g/mol. The molecule has 152 valence electrons. The topological polar surface area (TPSA) is 59.1 Å². The normalized spacial score (nSPS) is 29.3. The summed E-state index contributed by atoms with van der Waals surface area (Å²) in [7, 11) is 1.40. The standard InChI is InChI=1S/C21H26INO4S/c1-13-3-5-14(6-4-13)19(24)23(15-7-9-21(10-8-15)12-27-21)16-11-17(22)28-18(16)20(25)26-2/h3,11,14-15H,4-10,12H2,1-2H3/t14-,15-,21+/m0/s1. The quantitative estimate of drug-likeness (QED) is 0.247. The zero-order valence-electron chi connectivity index (χ0n) is 16.3. The van der Waals surface area contributed by atoms with Crippen LogP contribution in [0.2, 0.25) is 0 Å². The zero-order valence-corrected chi connectivity index (χ0v) is 19.3. The molecule has 4 rings (SSSR count). The summed E-state index contributed by atoms with van der Waals surface area (Å²) in [5.74, 6) is -0.224. The zero-order chi connectivity index (χ0) is 19.9. The van der Waals surface area contributed by atoms with Crippen LogP contribution < -0.4 is 4.90 Å². The number of rotatable bonds is 4. The van der Waals surface area contributed by atoms with Crippen molar-refractivity contribution in [1.29, 1.82) is 0 Å². The molecule has 2 aliphatic carbocycles. The van der Waals surface area contributed by atoms with Crippen molar-refractivity contribution < 1.29 is 19.1 Å². The lowest BCUT2D eigenvalue weighted by atomic mass is 9.83. The Morgan fingerprint density at radius 2 is 2.04 bits per heavy atom. The van der Waals surface area contributed by atoms with Crippen molar-refractivity contribution >= 4 is 51.5 Å². The molecule has 1 aromatic heterocycles. The first-order valence-electron chi connectivity index (χ1n) is 9.93. The van der Waals surface area contributed by atoms with Crippen LogP contribution in [0.25, 0.3) is 0 Å². The van der Waals surface area contributed by atoms with Crippen LogP contribution in [0.1, 0.15) is 61.5 Å². The Labute approximate surface area is 183 Å². The van der Waals surface area contributed by atoms with E-state index in [1.54, 1.807) is 0 Å². The molecule has 1 saturated carbocycles. The number of epoxide rings is 1. The molecule has 1 aromatic rings. The number of nitrogens with zero attached hydrogens (tertiary/aromatic N) is 1. The van der Waals surface area contributed by atoms with Gasteiger partial charge in [0.05, 0.1) is 27.9 Å². The van der Waals surface area contributed by atoms with E-state index in [1.165, 1.54) is 24.0 Å². The number of amides is 1. The van der Waals surface area contributed by atoms with Gasteiger partial charge in [-0.2, -0.15) is 0 Å². The van der Waals surface area contributed by atoms with Gasteiger partial charge in [0.1, 0.15) is 4.88 Å². The second-order valence-electron chi connectivity index (χ2n) is 8.19. The summed E-state index contributed by atoms with van der Waals surface area (Å²) in [4.78, 5) is 28.6. The van der Waals surface area contributed by atoms with Crippen molar-refractivity contribution in [2.75, 3.05) is 18.6 Å². The molecule has 1 aliphatic heterocycles. The van der Waals surface area contributed by atoms with Crippen LogP contribution in [0.15, 0.2) is 17.7 Å². The fraction of sp³-hybridized carbons (Fsp3) is 0.619. The lowest BCUT2D eigenvalue weighted by Gasteiger charge is -2.38. The first-order valence-corrected chi connectivity index (χ1v) is 11.8. The number of carbonyl (C=O) groups excluding carboxylic acids is 2. The Kier molecular flexibility index (Phi) is 5.86. The summed E-state index contributed by atoms with van der Waals surface area (Å²) in [5, 5.41) is 0. The van der Waals surface area contributed by atoms with E-state index in [9.17, 15) is 9.59 Å². The van der Waals surface area contributed by atoms with Crippen LogP contribution in [0.3, 0.4) is 0 Å². The number of anilines is 1. The van der Waals surface area contributed by atoms with Crippen molar-refractivity contribution in [2.24, 2.45) is 5.92 Å². The van der Waals surface area contributed by atoms with Crippen LogP contribution in [-0.4, -0.2) is 37.2 Å². The molecule has 0 radical (unpaired) electrons. The van der Waals surface area contributed by atoms with Gasteiger partial charge < -0.3 is 14.4 Å². The number of hydrogen-bond acceptors (Lipinski definition) is 5. The predicted molar refractivity (Wildman–Crippen MR) is 118 cm³/mol. The van der Waals surface area contributed by atoms with E-state index in [2.05, 4.69) is 35.6 Å². The monoisotopic (exact) mass is 515 g/mol. The second kappa shape index (κ2) is 8.07. The molecule has 7 heteroatoms. The van der Waals surface area contributed by atoms with Gasteiger partial charge in [0, 0.05) is 12.0 Å². The molecule has 0 N–H and O–H groups in total. The number of carbonyl (C=O) groups is 2. The van der Waals surface area contributed by atoms with E-state index in [-0.39, 0.29) is 29.4 Å². The van der Waals surface area contributed by atoms with E-state index in [4.69, 9.17) is 9.47 Å².